The molecule has 0 atom stereocenters. The van der Waals surface area contributed by atoms with Gasteiger partial charge in [-0.25, -0.2) is 9.59 Å². The molecule has 0 spiro atoms. The minimum Gasteiger partial charge on any atom is -0.478 e. The number of anilines is 1. The van der Waals surface area contributed by atoms with Crippen molar-refractivity contribution in [3.63, 3.8) is 0 Å². The molecule has 0 heterocycles. The lowest BCUT2D eigenvalue weighted by Crippen LogP contribution is -2.48. The van der Waals surface area contributed by atoms with Crippen LogP contribution in [0.15, 0.2) is 18.2 Å². The topological polar surface area (TPSA) is 78.4 Å². The summed E-state index contributed by atoms with van der Waals surface area (Å²) in [5.74, 6) is -0.960. The van der Waals surface area contributed by atoms with Gasteiger partial charge in [-0.2, -0.15) is 0 Å². The van der Waals surface area contributed by atoms with E-state index in [0.717, 1.165) is 25.7 Å². The fraction of sp³-hybridized carbons (Fsp3) is 0.500. The van der Waals surface area contributed by atoms with Gasteiger partial charge in [0.15, 0.2) is 0 Å². The smallest absolute Gasteiger partial charge is 0.335 e. The van der Waals surface area contributed by atoms with E-state index in [1.165, 1.54) is 12.5 Å². The Morgan fingerprint density at radius 1 is 1.19 bits per heavy atom. The second-order valence-electron chi connectivity index (χ2n) is 6.04. The van der Waals surface area contributed by atoms with Crippen molar-refractivity contribution in [1.29, 1.82) is 0 Å². The summed E-state index contributed by atoms with van der Waals surface area (Å²) in [6.45, 7) is 3.79. The maximum absolute atomic E-state index is 12.1. The number of rotatable bonds is 3. The zero-order chi connectivity index (χ0) is 15.5. The van der Waals surface area contributed by atoms with Crippen LogP contribution in [0.2, 0.25) is 0 Å². The Kier molecular flexibility index (Phi) is 4.50. The molecule has 21 heavy (non-hydrogen) atoms. The Bertz CT molecular complexity index is 548. The van der Waals surface area contributed by atoms with Crippen LogP contribution in [0, 0.1) is 6.92 Å². The zero-order valence-corrected chi connectivity index (χ0v) is 12.5. The molecule has 1 aromatic rings. The third-order valence-electron chi connectivity index (χ3n) is 4.09. The molecule has 5 heteroatoms. The summed E-state index contributed by atoms with van der Waals surface area (Å²) in [5.41, 5.74) is 1.34. The van der Waals surface area contributed by atoms with Crippen molar-refractivity contribution in [2.45, 2.75) is 51.5 Å². The predicted molar refractivity (Wildman–Crippen MR) is 81.8 cm³/mol. The molecule has 1 fully saturated rings. The van der Waals surface area contributed by atoms with Gasteiger partial charge in [0, 0.05) is 11.2 Å². The monoisotopic (exact) mass is 290 g/mol. The van der Waals surface area contributed by atoms with Crippen LogP contribution in [-0.2, 0) is 0 Å². The summed E-state index contributed by atoms with van der Waals surface area (Å²) in [6.07, 6.45) is 5.51. The fourth-order valence-electron chi connectivity index (χ4n) is 2.87. The van der Waals surface area contributed by atoms with Gasteiger partial charge in [-0.05, 0) is 50.5 Å². The van der Waals surface area contributed by atoms with Gasteiger partial charge < -0.3 is 15.7 Å². The number of aromatic carboxylic acids is 1. The van der Waals surface area contributed by atoms with Crippen molar-refractivity contribution in [3.05, 3.63) is 29.3 Å². The number of nitrogens with one attached hydrogen (secondary N) is 2. The van der Waals surface area contributed by atoms with E-state index >= 15 is 0 Å². The van der Waals surface area contributed by atoms with Gasteiger partial charge in [-0.3, -0.25) is 0 Å². The second kappa shape index (κ2) is 6.16. The maximum atomic E-state index is 12.1. The Balaban J connectivity index is 1.99. The van der Waals surface area contributed by atoms with Gasteiger partial charge >= 0.3 is 12.0 Å². The summed E-state index contributed by atoms with van der Waals surface area (Å²) in [6, 6.07) is 4.56. The predicted octanol–water partition coefficient (Wildman–Crippen LogP) is 3.54. The highest BCUT2D eigenvalue weighted by molar-refractivity contribution is 5.93. The largest absolute Gasteiger partial charge is 0.478 e. The first-order valence-corrected chi connectivity index (χ1v) is 7.33. The highest BCUT2D eigenvalue weighted by atomic mass is 16.4. The van der Waals surface area contributed by atoms with Crippen LogP contribution in [0.5, 0.6) is 0 Å². The quantitative estimate of drug-likeness (QED) is 0.796. The number of carboxylic acid groups (broad SMARTS) is 1. The second-order valence-corrected chi connectivity index (χ2v) is 6.04. The molecule has 1 aliphatic carbocycles. The van der Waals surface area contributed by atoms with Crippen LogP contribution in [-0.4, -0.2) is 22.6 Å². The van der Waals surface area contributed by atoms with Crippen LogP contribution in [0.3, 0.4) is 0 Å². The highest BCUT2D eigenvalue weighted by Gasteiger charge is 2.28. The molecule has 0 aromatic heterocycles. The molecule has 1 aliphatic rings. The Morgan fingerprint density at radius 3 is 2.43 bits per heavy atom. The number of amides is 2. The van der Waals surface area contributed by atoms with E-state index in [4.69, 9.17) is 5.11 Å². The number of carbonyl (C=O) groups is 2. The standard InChI is InChI=1S/C16H22N2O3/c1-11-10-12(6-7-13(11)14(19)20)17-15(21)18-16(2)8-4-3-5-9-16/h6-7,10H,3-5,8-9H2,1-2H3,(H,19,20)(H2,17,18,21). The molecule has 5 nitrogen and oxygen atoms in total. The molecule has 114 valence electrons. The molecular formula is C16H22N2O3. The molecule has 3 N–H and O–H groups in total. The van der Waals surface area contributed by atoms with E-state index in [2.05, 4.69) is 17.6 Å². The van der Waals surface area contributed by atoms with Crippen molar-refractivity contribution >= 4 is 17.7 Å². The SMILES string of the molecule is Cc1cc(NC(=O)NC2(C)CCCCC2)ccc1C(=O)O. The summed E-state index contributed by atoms with van der Waals surface area (Å²) in [4.78, 5) is 23.0. The maximum Gasteiger partial charge on any atom is 0.335 e. The van der Waals surface area contributed by atoms with E-state index < -0.39 is 5.97 Å². The van der Waals surface area contributed by atoms with E-state index in [9.17, 15) is 9.59 Å². The summed E-state index contributed by atoms with van der Waals surface area (Å²) < 4.78 is 0. The molecule has 0 bridgehead atoms. The van der Waals surface area contributed by atoms with Crippen LogP contribution >= 0.6 is 0 Å². The van der Waals surface area contributed by atoms with Gasteiger partial charge in [0.05, 0.1) is 5.56 Å². The lowest BCUT2D eigenvalue weighted by Gasteiger charge is -2.34. The van der Waals surface area contributed by atoms with E-state index in [-0.39, 0.29) is 17.1 Å². The average Bonchev–Trinajstić information content (AvgIpc) is 2.38. The molecule has 2 amide bonds. The minimum absolute atomic E-state index is 0.140. The van der Waals surface area contributed by atoms with E-state index in [1.807, 2.05) is 0 Å². The van der Waals surface area contributed by atoms with Crippen molar-refractivity contribution in [2.75, 3.05) is 5.32 Å². The number of hydrogen-bond acceptors (Lipinski definition) is 2. The number of hydrogen-bond donors (Lipinski definition) is 3. The van der Waals surface area contributed by atoms with Crippen molar-refractivity contribution in [2.24, 2.45) is 0 Å². The van der Waals surface area contributed by atoms with Crippen LogP contribution in [0.4, 0.5) is 10.5 Å². The molecule has 1 saturated carbocycles. The van der Waals surface area contributed by atoms with Gasteiger partial charge in [-0.15, -0.1) is 0 Å². The summed E-state index contributed by atoms with van der Waals surface area (Å²) in [5, 5.41) is 14.8. The van der Waals surface area contributed by atoms with Gasteiger partial charge in [0.2, 0.25) is 0 Å². The average molecular weight is 290 g/mol. The molecule has 0 saturated heterocycles. The Morgan fingerprint density at radius 2 is 1.86 bits per heavy atom. The Hall–Kier alpha value is -2.04. The first kappa shape index (κ1) is 15.4. The lowest BCUT2D eigenvalue weighted by atomic mass is 9.83. The van der Waals surface area contributed by atoms with Crippen LogP contribution in [0.1, 0.15) is 54.9 Å². The molecule has 0 aliphatic heterocycles. The van der Waals surface area contributed by atoms with Crippen molar-refractivity contribution in [1.82, 2.24) is 5.32 Å². The number of benzene rings is 1. The molecule has 0 radical (unpaired) electrons. The summed E-state index contributed by atoms with van der Waals surface area (Å²) in [7, 11) is 0. The Labute approximate surface area is 124 Å². The molecule has 1 aromatic carbocycles. The van der Waals surface area contributed by atoms with Crippen molar-refractivity contribution in [3.8, 4) is 0 Å². The van der Waals surface area contributed by atoms with Crippen molar-refractivity contribution < 1.29 is 14.7 Å². The molecule has 2 rings (SSSR count). The van der Waals surface area contributed by atoms with Crippen LogP contribution < -0.4 is 10.6 Å². The highest BCUT2D eigenvalue weighted by Crippen LogP contribution is 2.27. The number of aryl methyl sites for hydroxylation is 1. The first-order chi connectivity index (χ1) is 9.89. The fourth-order valence-corrected chi connectivity index (χ4v) is 2.87. The van der Waals surface area contributed by atoms with E-state index in [1.54, 1.807) is 19.1 Å². The lowest BCUT2D eigenvalue weighted by molar-refractivity contribution is 0.0696. The van der Waals surface area contributed by atoms with Crippen LogP contribution in [0.25, 0.3) is 0 Å². The normalized spacial score (nSPS) is 17.0. The van der Waals surface area contributed by atoms with E-state index in [0.29, 0.717) is 11.3 Å². The number of carbonyl (C=O) groups excluding carboxylic acids is 1. The van der Waals surface area contributed by atoms with Gasteiger partial charge in [0.1, 0.15) is 0 Å². The molecule has 0 unspecified atom stereocenters. The number of carboxylic acids is 1. The number of urea groups is 1. The zero-order valence-electron chi connectivity index (χ0n) is 12.5. The third kappa shape index (κ3) is 3.97. The third-order valence-corrected chi connectivity index (χ3v) is 4.09. The first-order valence-electron chi connectivity index (χ1n) is 7.33. The minimum atomic E-state index is -0.960. The molecular weight excluding hydrogens is 268 g/mol. The summed E-state index contributed by atoms with van der Waals surface area (Å²) >= 11 is 0. The van der Waals surface area contributed by atoms with Gasteiger partial charge in [0.25, 0.3) is 0 Å². The van der Waals surface area contributed by atoms with Gasteiger partial charge in [-0.1, -0.05) is 19.3 Å².